The molecule has 17 heavy (non-hydrogen) atoms. The van der Waals surface area contributed by atoms with Crippen LogP contribution in [0.25, 0.3) is 0 Å². The highest BCUT2D eigenvalue weighted by Crippen LogP contribution is 2.33. The van der Waals surface area contributed by atoms with Gasteiger partial charge in [0, 0.05) is 7.11 Å². The van der Waals surface area contributed by atoms with Crippen LogP contribution in [-0.4, -0.2) is 25.6 Å². The van der Waals surface area contributed by atoms with Gasteiger partial charge in [-0.2, -0.15) is 0 Å². The van der Waals surface area contributed by atoms with Crippen molar-refractivity contribution in [2.45, 2.75) is 5.91 Å². The Hall–Kier alpha value is -2.15. The maximum atomic E-state index is 11.0. The number of methoxy groups -OCH3 is 2. The number of hydrogen-bond donors (Lipinski definition) is 0. The third-order valence-electron chi connectivity index (χ3n) is 2.14. The van der Waals surface area contributed by atoms with Gasteiger partial charge in [0.15, 0.2) is 0 Å². The summed E-state index contributed by atoms with van der Waals surface area (Å²) in [7, 11) is 2.39. The minimum absolute atomic E-state index is 0.0293. The summed E-state index contributed by atoms with van der Waals surface area (Å²) in [5.74, 6) is -2.28. The SMILES string of the molecule is COc1ccccc1C(OC)(O[C]=O)[N+](=O)[O-]. The Morgan fingerprint density at radius 1 is 1.35 bits per heavy atom. The van der Waals surface area contributed by atoms with Crippen molar-refractivity contribution in [3.05, 3.63) is 39.9 Å². The summed E-state index contributed by atoms with van der Waals surface area (Å²) in [5, 5.41) is 11.0. The maximum Gasteiger partial charge on any atom is 0.518 e. The Morgan fingerprint density at radius 3 is 2.47 bits per heavy atom. The van der Waals surface area contributed by atoms with Gasteiger partial charge < -0.3 is 9.47 Å². The molecule has 0 N–H and O–H groups in total. The highest BCUT2D eigenvalue weighted by atomic mass is 16.8. The van der Waals surface area contributed by atoms with E-state index in [1.165, 1.54) is 25.3 Å². The molecule has 1 unspecified atom stereocenters. The van der Waals surface area contributed by atoms with Gasteiger partial charge >= 0.3 is 12.4 Å². The van der Waals surface area contributed by atoms with Gasteiger partial charge in [0.05, 0.1) is 7.11 Å². The van der Waals surface area contributed by atoms with Crippen molar-refractivity contribution in [2.75, 3.05) is 14.2 Å². The number of hydrogen-bond acceptors (Lipinski definition) is 6. The molecule has 0 aliphatic heterocycles. The van der Waals surface area contributed by atoms with Crippen LogP contribution in [0.1, 0.15) is 5.56 Å². The highest BCUT2D eigenvalue weighted by molar-refractivity contribution is 5.42. The number of rotatable bonds is 6. The summed E-state index contributed by atoms with van der Waals surface area (Å²) >= 11 is 0. The highest BCUT2D eigenvalue weighted by Gasteiger charge is 2.51. The van der Waals surface area contributed by atoms with Gasteiger partial charge in [0.25, 0.3) is 0 Å². The fraction of sp³-hybridized carbons (Fsp3) is 0.300. The van der Waals surface area contributed by atoms with Crippen molar-refractivity contribution in [1.82, 2.24) is 0 Å². The van der Waals surface area contributed by atoms with Gasteiger partial charge in [-0.15, -0.1) is 0 Å². The lowest BCUT2D eigenvalue weighted by Gasteiger charge is -2.21. The first-order chi connectivity index (χ1) is 8.12. The Bertz CT molecular complexity index is 421. The lowest BCUT2D eigenvalue weighted by molar-refractivity contribution is -0.693. The van der Waals surface area contributed by atoms with Crippen molar-refractivity contribution in [1.29, 1.82) is 0 Å². The molecule has 0 aliphatic carbocycles. The molecule has 1 aromatic carbocycles. The molecule has 0 bridgehead atoms. The second-order valence-electron chi connectivity index (χ2n) is 2.93. The number of ether oxygens (including phenoxy) is 3. The van der Waals surface area contributed by atoms with E-state index in [1.54, 1.807) is 6.07 Å². The van der Waals surface area contributed by atoms with Crippen molar-refractivity contribution in [3.8, 4) is 5.75 Å². The van der Waals surface area contributed by atoms with Crippen LogP contribution >= 0.6 is 0 Å². The Balaban J connectivity index is 3.39. The Labute approximate surface area is 97.0 Å². The normalized spacial score (nSPS) is 13.5. The maximum absolute atomic E-state index is 11.0. The molecule has 0 saturated heterocycles. The molecule has 1 atom stereocenters. The van der Waals surface area contributed by atoms with Crippen LogP contribution in [0.3, 0.4) is 0 Å². The predicted molar refractivity (Wildman–Crippen MR) is 55.5 cm³/mol. The molecule has 91 valence electrons. The van der Waals surface area contributed by atoms with Crippen molar-refractivity contribution in [2.24, 2.45) is 0 Å². The molecule has 0 fully saturated rings. The van der Waals surface area contributed by atoms with Gasteiger partial charge in [-0.05, 0) is 12.1 Å². The van der Waals surface area contributed by atoms with Crippen LogP contribution < -0.4 is 4.74 Å². The third-order valence-corrected chi connectivity index (χ3v) is 2.14. The first-order valence-electron chi connectivity index (χ1n) is 4.50. The number of carbonyl (C=O) groups excluding carboxylic acids is 1. The quantitative estimate of drug-likeness (QED) is 0.415. The van der Waals surface area contributed by atoms with Crippen LogP contribution in [0, 0.1) is 10.1 Å². The molecule has 0 spiro atoms. The van der Waals surface area contributed by atoms with E-state index >= 15 is 0 Å². The smallest absolute Gasteiger partial charge is 0.496 e. The van der Waals surface area contributed by atoms with E-state index in [0.29, 0.717) is 0 Å². The molecule has 1 radical (unpaired) electrons. The number of benzene rings is 1. The lowest BCUT2D eigenvalue weighted by atomic mass is 10.1. The zero-order valence-corrected chi connectivity index (χ0v) is 9.21. The Kier molecular flexibility index (Phi) is 4.00. The standard InChI is InChI=1S/C10H10NO6/c1-15-9-6-4-3-5-8(9)10(16-2,11(13)14)17-7-12/h3-6H,1-2H3. The van der Waals surface area contributed by atoms with E-state index in [0.717, 1.165) is 13.6 Å². The average molecular weight is 240 g/mol. The monoisotopic (exact) mass is 240 g/mol. The van der Waals surface area contributed by atoms with Crippen molar-refractivity contribution in [3.63, 3.8) is 0 Å². The van der Waals surface area contributed by atoms with Crippen LogP contribution in [0.15, 0.2) is 24.3 Å². The van der Waals surface area contributed by atoms with Crippen molar-refractivity contribution < 1.29 is 23.9 Å². The Morgan fingerprint density at radius 2 is 2.00 bits per heavy atom. The van der Waals surface area contributed by atoms with Crippen LogP contribution in [0.2, 0.25) is 0 Å². The topological polar surface area (TPSA) is 87.9 Å². The van der Waals surface area contributed by atoms with E-state index in [2.05, 4.69) is 4.74 Å². The zero-order valence-electron chi connectivity index (χ0n) is 9.21. The van der Waals surface area contributed by atoms with Crippen LogP contribution in [0.5, 0.6) is 5.75 Å². The molecule has 0 amide bonds. The molecule has 0 aromatic heterocycles. The number of para-hydroxylation sites is 1. The largest absolute Gasteiger partial charge is 0.518 e. The fourth-order valence-electron chi connectivity index (χ4n) is 1.38. The zero-order chi connectivity index (χ0) is 12.9. The lowest BCUT2D eigenvalue weighted by Crippen LogP contribution is -2.40. The van der Waals surface area contributed by atoms with Gasteiger partial charge in [0.2, 0.25) is 0 Å². The second kappa shape index (κ2) is 5.26. The summed E-state index contributed by atoms with van der Waals surface area (Å²) in [4.78, 5) is 20.4. The molecular weight excluding hydrogens is 230 g/mol. The van der Waals surface area contributed by atoms with E-state index in [9.17, 15) is 14.9 Å². The van der Waals surface area contributed by atoms with Crippen molar-refractivity contribution >= 4 is 6.47 Å². The second-order valence-corrected chi connectivity index (χ2v) is 2.93. The van der Waals surface area contributed by atoms with E-state index < -0.39 is 10.8 Å². The summed E-state index contributed by atoms with van der Waals surface area (Å²) in [5.41, 5.74) is -0.0293. The van der Waals surface area contributed by atoms with Crippen LogP contribution in [0.4, 0.5) is 0 Å². The molecule has 1 aromatic rings. The molecule has 7 nitrogen and oxygen atoms in total. The average Bonchev–Trinajstić information content (AvgIpc) is 2.35. The molecule has 0 aliphatic rings. The third kappa shape index (κ3) is 2.18. The summed E-state index contributed by atoms with van der Waals surface area (Å²) in [6.07, 6.45) is 0. The summed E-state index contributed by atoms with van der Waals surface area (Å²) < 4.78 is 14.0. The number of nitrogens with zero attached hydrogens (tertiary/aromatic N) is 1. The minimum Gasteiger partial charge on any atom is -0.496 e. The van der Waals surface area contributed by atoms with Gasteiger partial charge in [-0.3, -0.25) is 14.9 Å². The minimum atomic E-state index is -2.45. The molecule has 7 heteroatoms. The fourth-order valence-corrected chi connectivity index (χ4v) is 1.38. The van der Waals surface area contributed by atoms with E-state index in [-0.39, 0.29) is 11.3 Å². The first-order valence-corrected chi connectivity index (χ1v) is 4.50. The molecule has 1 rings (SSSR count). The predicted octanol–water partition coefficient (Wildman–Crippen LogP) is 0.812. The van der Waals surface area contributed by atoms with Gasteiger partial charge in [0.1, 0.15) is 16.2 Å². The molecule has 0 saturated carbocycles. The van der Waals surface area contributed by atoms with E-state index in [1.807, 2.05) is 0 Å². The molecular formula is C10H10NO6. The summed E-state index contributed by atoms with van der Waals surface area (Å²) in [6.45, 7) is 1.02. The first kappa shape index (κ1) is 12.9. The van der Waals surface area contributed by atoms with E-state index in [4.69, 9.17) is 9.47 Å². The number of nitro groups is 1. The van der Waals surface area contributed by atoms with Gasteiger partial charge in [-0.25, -0.2) is 4.79 Å². The van der Waals surface area contributed by atoms with Crippen LogP contribution in [-0.2, 0) is 20.2 Å². The van der Waals surface area contributed by atoms with Gasteiger partial charge in [-0.1, -0.05) is 12.1 Å². The molecule has 0 heterocycles. The summed E-state index contributed by atoms with van der Waals surface area (Å²) in [6, 6.07) is 6.00.